The van der Waals surface area contributed by atoms with E-state index < -0.39 is 5.97 Å². The van der Waals surface area contributed by atoms with E-state index in [1.54, 1.807) is 24.4 Å². The van der Waals surface area contributed by atoms with Crippen LogP contribution in [0.25, 0.3) is 11.3 Å². The van der Waals surface area contributed by atoms with E-state index in [1.165, 1.54) is 0 Å². The van der Waals surface area contributed by atoms with Crippen molar-refractivity contribution in [1.82, 2.24) is 4.98 Å². The molecule has 1 heterocycles. The van der Waals surface area contributed by atoms with Crippen molar-refractivity contribution in [3.8, 4) is 11.3 Å². The van der Waals surface area contributed by atoms with Gasteiger partial charge in [0.25, 0.3) is 0 Å². The molecule has 6 heteroatoms. The van der Waals surface area contributed by atoms with Gasteiger partial charge in [-0.15, -0.1) is 0 Å². The molecule has 3 rings (SSSR count). The second-order valence-electron chi connectivity index (χ2n) is 4.68. The Kier molecular flexibility index (Phi) is 4.79. The Labute approximate surface area is 146 Å². The van der Waals surface area contributed by atoms with Crippen LogP contribution in [0.4, 0.5) is 0 Å². The lowest BCUT2D eigenvalue weighted by atomic mass is 10.2. The van der Waals surface area contributed by atoms with Gasteiger partial charge in [0, 0.05) is 10.0 Å². The maximum absolute atomic E-state index is 12.1. The minimum absolute atomic E-state index is 0.0610. The average Bonchev–Trinajstić information content (AvgIpc) is 3.05. The SMILES string of the molecule is O=C(OCc1ncc(-c2ccccc2)o1)c1cc(Br)ccc1Cl. The van der Waals surface area contributed by atoms with Gasteiger partial charge in [0.1, 0.15) is 0 Å². The zero-order valence-corrected chi connectivity index (χ0v) is 14.2. The summed E-state index contributed by atoms with van der Waals surface area (Å²) in [6.45, 7) is -0.0610. The second-order valence-corrected chi connectivity index (χ2v) is 6.01. The fraction of sp³-hybridized carbons (Fsp3) is 0.0588. The summed E-state index contributed by atoms with van der Waals surface area (Å²) in [5, 5.41) is 0.329. The molecule has 0 aliphatic carbocycles. The molecule has 0 fully saturated rings. The van der Waals surface area contributed by atoms with Gasteiger partial charge in [0.2, 0.25) is 5.89 Å². The Morgan fingerprint density at radius 2 is 2.00 bits per heavy atom. The molecule has 116 valence electrons. The number of benzene rings is 2. The first-order chi connectivity index (χ1) is 11.1. The third-order valence-electron chi connectivity index (χ3n) is 3.09. The first-order valence-corrected chi connectivity index (χ1v) is 7.93. The van der Waals surface area contributed by atoms with Crippen LogP contribution in [-0.2, 0) is 11.3 Å². The molecular formula is C17H11BrClNO3. The number of rotatable bonds is 4. The minimum Gasteiger partial charge on any atom is -0.452 e. The molecule has 0 bridgehead atoms. The maximum atomic E-state index is 12.1. The molecule has 0 radical (unpaired) electrons. The van der Waals surface area contributed by atoms with Crippen molar-refractivity contribution >= 4 is 33.5 Å². The fourth-order valence-electron chi connectivity index (χ4n) is 1.97. The number of hydrogen-bond acceptors (Lipinski definition) is 4. The molecule has 0 saturated heterocycles. The number of ether oxygens (including phenoxy) is 1. The van der Waals surface area contributed by atoms with Gasteiger partial charge < -0.3 is 9.15 Å². The van der Waals surface area contributed by atoms with Crippen LogP contribution in [0, 0.1) is 0 Å². The zero-order valence-electron chi connectivity index (χ0n) is 11.8. The summed E-state index contributed by atoms with van der Waals surface area (Å²) >= 11 is 9.29. The summed E-state index contributed by atoms with van der Waals surface area (Å²) in [6, 6.07) is 14.6. The number of esters is 1. The van der Waals surface area contributed by atoms with E-state index in [1.807, 2.05) is 30.3 Å². The molecule has 23 heavy (non-hydrogen) atoms. The van der Waals surface area contributed by atoms with Gasteiger partial charge in [-0.05, 0) is 18.2 Å². The van der Waals surface area contributed by atoms with Crippen molar-refractivity contribution in [1.29, 1.82) is 0 Å². The lowest BCUT2D eigenvalue weighted by Crippen LogP contribution is -2.06. The minimum atomic E-state index is -0.532. The van der Waals surface area contributed by atoms with E-state index in [0.717, 1.165) is 10.0 Å². The normalized spacial score (nSPS) is 10.5. The predicted molar refractivity (Wildman–Crippen MR) is 90.2 cm³/mol. The monoisotopic (exact) mass is 391 g/mol. The topological polar surface area (TPSA) is 52.3 Å². The van der Waals surface area contributed by atoms with Crippen LogP contribution in [0.5, 0.6) is 0 Å². The highest BCUT2D eigenvalue weighted by Gasteiger charge is 2.14. The molecule has 0 aliphatic heterocycles. The standard InChI is InChI=1S/C17H11BrClNO3/c18-12-6-7-14(19)13(8-12)17(21)22-10-16-20-9-15(23-16)11-4-2-1-3-5-11/h1-9H,10H2. The van der Waals surface area contributed by atoms with E-state index >= 15 is 0 Å². The molecule has 0 unspecified atom stereocenters. The quantitative estimate of drug-likeness (QED) is 0.579. The molecule has 0 atom stereocenters. The molecule has 4 nitrogen and oxygen atoms in total. The molecule has 0 saturated carbocycles. The number of nitrogens with zero attached hydrogens (tertiary/aromatic N) is 1. The van der Waals surface area contributed by atoms with E-state index in [4.69, 9.17) is 20.8 Å². The van der Waals surface area contributed by atoms with E-state index in [9.17, 15) is 4.79 Å². The van der Waals surface area contributed by atoms with E-state index in [-0.39, 0.29) is 12.2 Å². The summed E-state index contributed by atoms with van der Waals surface area (Å²) in [6.07, 6.45) is 1.60. The van der Waals surface area contributed by atoms with E-state index in [2.05, 4.69) is 20.9 Å². The van der Waals surface area contributed by atoms with Crippen molar-refractivity contribution in [3.63, 3.8) is 0 Å². The first-order valence-electron chi connectivity index (χ1n) is 6.76. The predicted octanol–water partition coefficient (Wildman–Crippen LogP) is 5.11. The molecule has 0 aliphatic rings. The number of hydrogen-bond donors (Lipinski definition) is 0. The van der Waals surface area contributed by atoms with Crippen LogP contribution < -0.4 is 0 Å². The van der Waals surface area contributed by atoms with Crippen LogP contribution >= 0.6 is 27.5 Å². The number of halogens is 2. The van der Waals surface area contributed by atoms with Crippen molar-refractivity contribution in [2.45, 2.75) is 6.61 Å². The summed E-state index contributed by atoms with van der Waals surface area (Å²) in [5.41, 5.74) is 1.20. The van der Waals surface area contributed by atoms with Crippen LogP contribution in [0.2, 0.25) is 5.02 Å². The molecule has 0 amide bonds. The molecule has 2 aromatic carbocycles. The van der Waals surface area contributed by atoms with Gasteiger partial charge >= 0.3 is 5.97 Å². The van der Waals surface area contributed by atoms with Gasteiger partial charge in [0.05, 0.1) is 16.8 Å². The van der Waals surface area contributed by atoms with Gasteiger partial charge in [-0.3, -0.25) is 0 Å². The summed E-state index contributed by atoms with van der Waals surface area (Å²) in [7, 11) is 0. The maximum Gasteiger partial charge on any atom is 0.340 e. The Morgan fingerprint density at radius 3 is 2.78 bits per heavy atom. The highest BCUT2D eigenvalue weighted by atomic mass is 79.9. The Hall–Kier alpha value is -2.11. The van der Waals surface area contributed by atoms with Gasteiger partial charge in [0.15, 0.2) is 12.4 Å². The zero-order chi connectivity index (χ0) is 16.2. The van der Waals surface area contributed by atoms with Crippen LogP contribution in [-0.4, -0.2) is 11.0 Å². The third kappa shape index (κ3) is 3.81. The van der Waals surface area contributed by atoms with Gasteiger partial charge in [-0.25, -0.2) is 9.78 Å². The molecule has 3 aromatic rings. The smallest absolute Gasteiger partial charge is 0.340 e. The van der Waals surface area contributed by atoms with Crippen molar-refractivity contribution in [3.05, 3.63) is 75.7 Å². The summed E-state index contributed by atoms with van der Waals surface area (Å²) in [5.74, 6) is 0.413. The van der Waals surface area contributed by atoms with Crippen molar-refractivity contribution < 1.29 is 13.9 Å². The lowest BCUT2D eigenvalue weighted by molar-refractivity contribution is 0.0439. The molecule has 0 spiro atoms. The third-order valence-corrected chi connectivity index (χ3v) is 3.91. The number of carbonyl (C=O) groups excluding carboxylic acids is 1. The Morgan fingerprint density at radius 1 is 1.22 bits per heavy atom. The highest BCUT2D eigenvalue weighted by Crippen LogP contribution is 2.23. The molecule has 0 N–H and O–H groups in total. The molecular weight excluding hydrogens is 382 g/mol. The average molecular weight is 393 g/mol. The Balaban J connectivity index is 1.68. The first kappa shape index (κ1) is 15.8. The number of oxazole rings is 1. The fourth-order valence-corrected chi connectivity index (χ4v) is 2.53. The van der Waals surface area contributed by atoms with Crippen LogP contribution in [0.1, 0.15) is 16.2 Å². The molecule has 1 aromatic heterocycles. The second kappa shape index (κ2) is 6.98. The number of carbonyl (C=O) groups is 1. The lowest BCUT2D eigenvalue weighted by Gasteiger charge is -2.05. The van der Waals surface area contributed by atoms with Crippen LogP contribution in [0.3, 0.4) is 0 Å². The Bertz CT molecular complexity index is 833. The van der Waals surface area contributed by atoms with E-state index in [0.29, 0.717) is 16.7 Å². The van der Waals surface area contributed by atoms with Gasteiger partial charge in [-0.1, -0.05) is 57.9 Å². The highest BCUT2D eigenvalue weighted by molar-refractivity contribution is 9.10. The largest absolute Gasteiger partial charge is 0.452 e. The van der Waals surface area contributed by atoms with Crippen molar-refractivity contribution in [2.24, 2.45) is 0 Å². The van der Waals surface area contributed by atoms with Gasteiger partial charge in [-0.2, -0.15) is 0 Å². The van der Waals surface area contributed by atoms with Crippen molar-refractivity contribution in [2.75, 3.05) is 0 Å². The summed E-state index contributed by atoms with van der Waals surface area (Å²) in [4.78, 5) is 16.2. The van der Waals surface area contributed by atoms with Crippen LogP contribution in [0.15, 0.2) is 63.6 Å². The number of aromatic nitrogens is 1. The summed E-state index contributed by atoms with van der Waals surface area (Å²) < 4.78 is 11.5.